The van der Waals surface area contributed by atoms with Crippen LogP contribution in [-0.2, 0) is 24.2 Å². The van der Waals surface area contributed by atoms with Crippen LogP contribution in [-0.4, -0.2) is 49.5 Å². The molecule has 0 fully saturated rings. The van der Waals surface area contributed by atoms with Gasteiger partial charge in [0.25, 0.3) is 11.6 Å². The van der Waals surface area contributed by atoms with Crippen molar-refractivity contribution in [1.82, 2.24) is 15.1 Å². The maximum atomic E-state index is 12.5. The number of amides is 1. The molecule has 0 bridgehead atoms. The number of carbonyl (C=O) groups is 2. The number of aromatic nitrogens is 2. The fraction of sp³-hybridized carbons (Fsp3) is 0.261. The summed E-state index contributed by atoms with van der Waals surface area (Å²) in [5.74, 6) is -2.78. The van der Waals surface area contributed by atoms with Gasteiger partial charge in [-0.25, -0.2) is 4.79 Å². The highest BCUT2D eigenvalue weighted by Gasteiger charge is 2.38. The SMILES string of the molecule is O=C(O)C(F)(F)F.O=C1NCCCn2nc3c(c21)CCc1cc(O)c(-c2cccc([N+](=O)[O-])c2)cc1-3. The third kappa shape index (κ3) is 4.72. The molecule has 0 unspecified atom stereocenters. The number of aryl methyl sites for hydroxylation is 2. The van der Waals surface area contributed by atoms with Gasteiger partial charge in [-0.15, -0.1) is 0 Å². The van der Waals surface area contributed by atoms with Crippen LogP contribution in [0.2, 0.25) is 0 Å². The van der Waals surface area contributed by atoms with Crippen molar-refractivity contribution in [3.8, 4) is 28.1 Å². The van der Waals surface area contributed by atoms with Crippen LogP contribution in [0.1, 0.15) is 28.0 Å². The first-order valence-electron chi connectivity index (χ1n) is 10.8. The van der Waals surface area contributed by atoms with Gasteiger partial charge in [-0.2, -0.15) is 18.3 Å². The normalized spacial score (nSPS) is 14.2. The van der Waals surface area contributed by atoms with E-state index in [2.05, 4.69) is 5.32 Å². The number of phenols is 1. The van der Waals surface area contributed by atoms with Crippen LogP contribution in [0, 0.1) is 10.1 Å². The predicted octanol–water partition coefficient (Wildman–Crippen LogP) is 3.70. The molecule has 36 heavy (non-hydrogen) atoms. The van der Waals surface area contributed by atoms with Crippen LogP contribution in [0.3, 0.4) is 0 Å². The first-order valence-corrected chi connectivity index (χ1v) is 10.8. The number of alkyl halides is 3. The largest absolute Gasteiger partial charge is 0.507 e. The van der Waals surface area contributed by atoms with Crippen molar-refractivity contribution < 1.29 is 37.9 Å². The summed E-state index contributed by atoms with van der Waals surface area (Å²) < 4.78 is 33.5. The van der Waals surface area contributed by atoms with Gasteiger partial charge in [0.2, 0.25) is 0 Å². The number of nitro benzene ring substituents is 1. The molecule has 0 saturated carbocycles. The molecule has 188 valence electrons. The monoisotopic (exact) mass is 504 g/mol. The number of hydrogen-bond acceptors (Lipinski definition) is 6. The van der Waals surface area contributed by atoms with Gasteiger partial charge >= 0.3 is 12.1 Å². The molecule has 3 N–H and O–H groups in total. The minimum atomic E-state index is -5.08. The van der Waals surface area contributed by atoms with Crippen LogP contribution in [0.5, 0.6) is 5.75 Å². The molecule has 13 heteroatoms. The topological polar surface area (TPSA) is 148 Å². The molecule has 1 aromatic heterocycles. The van der Waals surface area contributed by atoms with Crippen LogP contribution in [0.4, 0.5) is 18.9 Å². The zero-order valence-corrected chi connectivity index (χ0v) is 18.5. The van der Waals surface area contributed by atoms with E-state index in [9.17, 15) is 33.2 Å². The highest BCUT2D eigenvalue weighted by Crippen LogP contribution is 2.41. The zero-order valence-electron chi connectivity index (χ0n) is 18.5. The van der Waals surface area contributed by atoms with Crippen LogP contribution >= 0.6 is 0 Å². The fourth-order valence-corrected chi connectivity index (χ4v) is 4.22. The summed E-state index contributed by atoms with van der Waals surface area (Å²) in [5, 5.41) is 36.5. The van der Waals surface area contributed by atoms with Gasteiger partial charge in [0.15, 0.2) is 0 Å². The Kier molecular flexibility index (Phi) is 6.39. The number of carbonyl (C=O) groups excluding carboxylic acids is 1. The number of nitro groups is 1. The van der Waals surface area contributed by atoms with Crippen LogP contribution < -0.4 is 5.32 Å². The minimum absolute atomic E-state index is 0.0364. The number of halogens is 3. The van der Waals surface area contributed by atoms with Crippen molar-refractivity contribution in [2.75, 3.05) is 6.54 Å². The molecule has 5 rings (SSSR count). The molecule has 1 aliphatic heterocycles. The number of nitrogens with one attached hydrogen (secondary N) is 1. The number of fused-ring (bicyclic) bond motifs is 5. The molecular formula is C23H19F3N4O6. The van der Waals surface area contributed by atoms with E-state index < -0.39 is 17.1 Å². The van der Waals surface area contributed by atoms with Gasteiger partial charge in [0.05, 0.1) is 10.6 Å². The Labute approximate surface area is 201 Å². The van der Waals surface area contributed by atoms with Crippen molar-refractivity contribution in [3.63, 3.8) is 0 Å². The number of rotatable bonds is 2. The summed E-state index contributed by atoms with van der Waals surface area (Å²) in [5.41, 5.74) is 5.14. The smallest absolute Gasteiger partial charge is 0.490 e. The van der Waals surface area contributed by atoms with Gasteiger partial charge in [-0.05, 0) is 42.5 Å². The zero-order chi connectivity index (χ0) is 26.2. The number of nitrogens with zero attached hydrogens (tertiary/aromatic N) is 3. The molecule has 1 amide bonds. The second-order valence-electron chi connectivity index (χ2n) is 8.15. The van der Waals surface area contributed by atoms with E-state index in [0.717, 1.165) is 28.8 Å². The lowest BCUT2D eigenvalue weighted by atomic mass is 9.86. The first kappa shape index (κ1) is 24.7. The van der Waals surface area contributed by atoms with Gasteiger partial charge in [-0.3, -0.25) is 19.6 Å². The molecule has 0 atom stereocenters. The lowest BCUT2D eigenvalue weighted by molar-refractivity contribution is -0.384. The van der Waals surface area contributed by atoms with Gasteiger partial charge < -0.3 is 15.5 Å². The maximum Gasteiger partial charge on any atom is 0.490 e. The van der Waals surface area contributed by atoms with Crippen molar-refractivity contribution in [2.24, 2.45) is 0 Å². The summed E-state index contributed by atoms with van der Waals surface area (Å²) in [6, 6.07) is 9.72. The Morgan fingerprint density at radius 1 is 1.17 bits per heavy atom. The molecular weight excluding hydrogens is 485 g/mol. The molecule has 2 aromatic carbocycles. The van der Waals surface area contributed by atoms with E-state index >= 15 is 0 Å². The average molecular weight is 504 g/mol. The summed E-state index contributed by atoms with van der Waals surface area (Å²) in [4.78, 5) is 32.1. The predicted molar refractivity (Wildman–Crippen MR) is 119 cm³/mol. The highest BCUT2D eigenvalue weighted by molar-refractivity contribution is 5.97. The van der Waals surface area contributed by atoms with Crippen molar-refractivity contribution >= 4 is 17.6 Å². The molecule has 10 nitrogen and oxygen atoms in total. The number of hydrogen-bond donors (Lipinski definition) is 3. The summed E-state index contributed by atoms with van der Waals surface area (Å²) in [6.07, 6.45) is -2.89. The Morgan fingerprint density at radius 2 is 1.89 bits per heavy atom. The fourth-order valence-electron chi connectivity index (χ4n) is 4.22. The van der Waals surface area contributed by atoms with E-state index in [4.69, 9.17) is 15.0 Å². The average Bonchev–Trinajstić information content (AvgIpc) is 3.10. The van der Waals surface area contributed by atoms with Gasteiger partial charge in [-0.1, -0.05) is 12.1 Å². The lowest BCUT2D eigenvalue weighted by Crippen LogP contribution is -2.24. The summed E-state index contributed by atoms with van der Waals surface area (Å²) >= 11 is 0. The number of aromatic hydroxyl groups is 1. The second kappa shape index (κ2) is 9.32. The molecule has 2 heterocycles. The quantitative estimate of drug-likeness (QED) is 0.356. The molecule has 3 aromatic rings. The van der Waals surface area contributed by atoms with Crippen molar-refractivity contribution in [2.45, 2.75) is 32.0 Å². The first-order chi connectivity index (χ1) is 17.0. The van der Waals surface area contributed by atoms with Crippen LogP contribution in [0.25, 0.3) is 22.4 Å². The summed E-state index contributed by atoms with van der Waals surface area (Å²) in [7, 11) is 0. The number of non-ortho nitro benzene ring substituents is 1. The summed E-state index contributed by atoms with van der Waals surface area (Å²) in [6.45, 7) is 1.31. The third-order valence-electron chi connectivity index (χ3n) is 5.83. The van der Waals surface area contributed by atoms with E-state index in [0.29, 0.717) is 42.8 Å². The van der Waals surface area contributed by atoms with Crippen molar-refractivity contribution in [3.05, 3.63) is 63.3 Å². The number of carboxylic acid groups (broad SMARTS) is 1. The Balaban J connectivity index is 0.000000384. The number of benzene rings is 2. The molecule has 2 aliphatic rings. The standard InChI is InChI=1S/C21H18N4O4.C2HF3O2/c26-18-10-13-5-6-15-19(23-24-8-2-7-22-21(27)20(15)24)17(13)11-16(18)12-3-1-4-14(9-12)25(28)29;3-2(4,5)1(6)7/h1,3-4,9-11,26H,2,5-8H2,(H,22,27);(H,6,7). The third-order valence-corrected chi connectivity index (χ3v) is 5.83. The van der Waals surface area contributed by atoms with E-state index in [1.165, 1.54) is 12.1 Å². The molecule has 0 spiro atoms. The molecule has 1 aliphatic carbocycles. The van der Waals surface area contributed by atoms with E-state index in [-0.39, 0.29) is 17.3 Å². The Bertz CT molecular complexity index is 1380. The molecule has 0 saturated heterocycles. The Morgan fingerprint density at radius 3 is 2.56 bits per heavy atom. The second-order valence-corrected chi connectivity index (χ2v) is 8.15. The van der Waals surface area contributed by atoms with Crippen molar-refractivity contribution in [1.29, 1.82) is 0 Å². The number of aliphatic carboxylic acids is 1. The molecule has 0 radical (unpaired) electrons. The van der Waals surface area contributed by atoms with Gasteiger partial charge in [0.1, 0.15) is 11.4 Å². The Hall–Kier alpha value is -4.42. The minimum Gasteiger partial charge on any atom is -0.507 e. The van der Waals surface area contributed by atoms with Crippen LogP contribution in [0.15, 0.2) is 36.4 Å². The van der Waals surface area contributed by atoms with E-state index in [1.54, 1.807) is 22.9 Å². The lowest BCUT2D eigenvalue weighted by Gasteiger charge is -2.18. The number of carboxylic acids is 1. The number of phenolic OH excluding ortho intramolecular Hbond substituents is 1. The van der Waals surface area contributed by atoms with E-state index in [1.807, 2.05) is 6.07 Å². The maximum absolute atomic E-state index is 12.5. The van der Waals surface area contributed by atoms with Gasteiger partial charge in [0, 0.05) is 41.9 Å². The highest BCUT2D eigenvalue weighted by atomic mass is 19.4.